The van der Waals surface area contributed by atoms with Gasteiger partial charge in [0.25, 0.3) is 11.8 Å². The van der Waals surface area contributed by atoms with Crippen LogP contribution in [0.3, 0.4) is 0 Å². The Balaban J connectivity index is 0.000000212. The highest BCUT2D eigenvalue weighted by molar-refractivity contribution is 6.38. The average Bonchev–Trinajstić information content (AvgIpc) is 1.46. The van der Waals surface area contributed by atoms with Crippen LogP contribution in [0.15, 0.2) is 37.2 Å². The zero-order valence-corrected chi connectivity index (χ0v) is 66.1. The maximum Gasteiger partial charge on any atom is 0.272 e. The first-order valence-electron chi connectivity index (χ1n) is 41.3. The Kier molecular flexibility index (Phi) is 24.3. The van der Waals surface area contributed by atoms with Gasteiger partial charge in [-0.2, -0.15) is 0 Å². The Labute approximate surface area is 630 Å². The summed E-state index contributed by atoms with van der Waals surface area (Å²) in [5.74, 6) is -4.87. The Morgan fingerprint density at radius 3 is 1.25 bits per heavy atom. The van der Waals surface area contributed by atoms with Gasteiger partial charge >= 0.3 is 0 Å². The minimum atomic E-state index is -1.18. The van der Waals surface area contributed by atoms with Crippen LogP contribution in [0.4, 0.5) is 0 Å². The molecule has 0 bridgehead atoms. The van der Waals surface area contributed by atoms with Crippen LogP contribution in [0.25, 0.3) is 0 Å². The van der Waals surface area contributed by atoms with E-state index >= 15 is 9.59 Å². The lowest BCUT2D eigenvalue weighted by Gasteiger charge is -2.37. The summed E-state index contributed by atoms with van der Waals surface area (Å²) in [6.45, 7) is 25.9. The van der Waals surface area contributed by atoms with Gasteiger partial charge in [0.2, 0.25) is 17.6 Å². The number of aromatic nitrogens is 4. The first kappa shape index (κ1) is 80.7. The molecule has 4 spiro atoms. The zero-order chi connectivity index (χ0) is 76.7. The molecular formula is C86H126N8O12. The monoisotopic (exact) mass is 1460 g/mol. The van der Waals surface area contributed by atoms with Crippen LogP contribution < -0.4 is 10.6 Å². The summed E-state index contributed by atoms with van der Waals surface area (Å²) in [5.41, 5.74) is -1.23. The van der Waals surface area contributed by atoms with Crippen molar-refractivity contribution in [2.45, 2.75) is 319 Å². The molecule has 3 unspecified atom stereocenters. The Morgan fingerprint density at radius 1 is 0.500 bits per heavy atom. The molecule has 10 aliphatic rings. The van der Waals surface area contributed by atoms with Crippen molar-refractivity contribution < 1.29 is 57.8 Å². The van der Waals surface area contributed by atoms with Crippen molar-refractivity contribution in [3.8, 4) is 0 Å². The summed E-state index contributed by atoms with van der Waals surface area (Å²) in [7, 11) is 0. The van der Waals surface area contributed by atoms with E-state index in [1.165, 1.54) is 37.2 Å². The molecule has 582 valence electrons. The molecule has 0 radical (unpaired) electrons. The summed E-state index contributed by atoms with van der Waals surface area (Å²) in [6.07, 6.45) is 31.5. The second-order valence-corrected chi connectivity index (χ2v) is 38.1. The second kappa shape index (κ2) is 32.0. The predicted octanol–water partition coefficient (Wildman–Crippen LogP) is 13.6. The van der Waals surface area contributed by atoms with E-state index in [2.05, 4.69) is 58.3 Å². The Hall–Kier alpha value is -6.31. The largest absolute Gasteiger partial charge is 0.385 e. The van der Waals surface area contributed by atoms with Gasteiger partial charge in [-0.15, -0.1) is 0 Å². The number of Topliss-reactive ketones (excluding diaryl/α,β-unsaturated/α-hetero) is 7. The lowest BCUT2D eigenvalue weighted by Crippen LogP contribution is -2.51. The number of hydrogen-bond donors (Lipinski definition) is 3. The van der Waals surface area contributed by atoms with Crippen LogP contribution in [0, 0.1) is 90.7 Å². The normalized spacial score (nSPS) is 26.7. The number of aliphatic hydroxyl groups excluding tert-OH is 1. The molecule has 8 saturated carbocycles. The van der Waals surface area contributed by atoms with Crippen molar-refractivity contribution in [1.29, 1.82) is 0 Å². The number of rotatable bonds is 32. The SMILES string of the molecule is CCCC(CC(=O)[C@@H]1C[C@@]2(CN1C(=O)[C@@H](CC(=O)[C@@H](NC(=O)c1cnccn1)C1CCCCC1)C(C)(C)C)C(C)(C)C21CCC1)C(=O)C(=O)CC1CC1.CCCC(CC(=O)[C@@H]1C[C@@]2(CN1C(=O)[C@@H](CC(=O)[C@@H](NC(=O)c1cnccn1)C1CCCCC1)C(C)(C)C)C(C)(C)C21CCC1)C(O)C(=O)CC1CC1. The third-order valence-electron chi connectivity index (χ3n) is 29.5. The predicted molar refractivity (Wildman–Crippen MR) is 402 cm³/mol. The van der Waals surface area contributed by atoms with Gasteiger partial charge in [-0.3, -0.25) is 62.7 Å². The van der Waals surface area contributed by atoms with Crippen LogP contribution in [0.5, 0.6) is 0 Å². The standard InChI is InChI=1S/C43H64N4O6.C43H62N4O6/c2*1-7-12-29(37(51)35(50)21-27-15-16-27)22-33(48)32-24-43(41(5,6)42(43)17-11-18-42)26-47(32)39(53)30(40(2,3)4)23-34(49)36(28-13-9-8-10-14-28)46-38(52)31-25-44-19-20-45-31/h19-20,25,27-30,32,36-37,51H,7-18,21-24,26H2,1-6H3,(H,46,52);19-20,25,27-30,32,36H,7-18,21-24,26H2,1-6H3,(H,46,52)/t29?,30-,32+,36+,37?,43-;29?,30-,32+,36+,43-/m11/s1. The summed E-state index contributed by atoms with van der Waals surface area (Å²) in [4.78, 5) is 174. The fraction of sp³-hybridized carbons (Fsp3) is 0.779. The molecule has 2 saturated heterocycles. The first-order valence-corrected chi connectivity index (χ1v) is 41.3. The minimum absolute atomic E-state index is 0.0297. The number of carbonyl (C=O) groups excluding carboxylic acids is 11. The molecule has 20 nitrogen and oxygen atoms in total. The zero-order valence-electron chi connectivity index (χ0n) is 66.1. The van der Waals surface area contributed by atoms with E-state index in [4.69, 9.17) is 0 Å². The number of amides is 4. The molecule has 8 aliphatic carbocycles. The van der Waals surface area contributed by atoms with Crippen molar-refractivity contribution in [2.24, 2.45) is 90.7 Å². The van der Waals surface area contributed by atoms with Gasteiger partial charge in [0.15, 0.2) is 34.7 Å². The van der Waals surface area contributed by atoms with E-state index in [9.17, 15) is 48.3 Å². The maximum absolute atomic E-state index is 15.1. The number of hydrogen-bond acceptors (Lipinski definition) is 16. The van der Waals surface area contributed by atoms with Gasteiger partial charge in [-0.05, 0) is 165 Å². The fourth-order valence-corrected chi connectivity index (χ4v) is 22.0. The van der Waals surface area contributed by atoms with E-state index in [1.54, 1.807) is 4.90 Å². The number of aliphatic hydroxyl groups is 1. The highest BCUT2D eigenvalue weighted by atomic mass is 16.3. The van der Waals surface area contributed by atoms with Gasteiger partial charge < -0.3 is 25.5 Å². The molecule has 0 aromatic carbocycles. The summed E-state index contributed by atoms with van der Waals surface area (Å²) < 4.78 is 0. The minimum Gasteiger partial charge on any atom is -0.385 e. The molecule has 2 aliphatic heterocycles. The molecular weight excluding hydrogens is 1340 g/mol. The molecule has 4 heterocycles. The van der Waals surface area contributed by atoms with Gasteiger partial charge in [0, 0.05) is 105 Å². The second-order valence-electron chi connectivity index (χ2n) is 38.1. The van der Waals surface area contributed by atoms with E-state index in [0.29, 0.717) is 57.5 Å². The van der Waals surface area contributed by atoms with Crippen molar-refractivity contribution in [3.05, 3.63) is 48.6 Å². The maximum atomic E-state index is 15.1. The number of nitrogens with zero attached hydrogens (tertiary/aromatic N) is 6. The van der Waals surface area contributed by atoms with Gasteiger partial charge in [0.05, 0.1) is 36.6 Å². The Morgan fingerprint density at radius 2 is 0.906 bits per heavy atom. The molecule has 10 fully saturated rings. The molecule has 12 rings (SSSR count). The summed E-state index contributed by atoms with van der Waals surface area (Å²) >= 11 is 0. The highest BCUT2D eigenvalue weighted by Crippen LogP contribution is 2.89. The van der Waals surface area contributed by atoms with Gasteiger partial charge in [-0.25, -0.2) is 9.97 Å². The van der Waals surface area contributed by atoms with Gasteiger partial charge in [-0.1, -0.05) is 147 Å². The first-order chi connectivity index (χ1) is 50.1. The molecule has 3 N–H and O–H groups in total. The van der Waals surface area contributed by atoms with E-state index < -0.39 is 82.4 Å². The number of fused-ring (bicyclic) bond motifs is 2. The topological polar surface area (TPSA) is 290 Å². The lowest BCUT2D eigenvalue weighted by molar-refractivity contribution is -0.147. The third-order valence-corrected chi connectivity index (χ3v) is 29.5. The fourth-order valence-electron chi connectivity index (χ4n) is 22.0. The number of carbonyl (C=O) groups is 11. The van der Waals surface area contributed by atoms with Crippen LogP contribution in [0.1, 0.15) is 310 Å². The van der Waals surface area contributed by atoms with E-state index in [-0.39, 0.29) is 140 Å². The van der Waals surface area contributed by atoms with Crippen LogP contribution in [-0.4, -0.2) is 142 Å². The highest BCUT2D eigenvalue weighted by Gasteiger charge is 2.86. The third kappa shape index (κ3) is 15.9. The van der Waals surface area contributed by atoms with E-state index in [0.717, 1.165) is 135 Å². The molecule has 106 heavy (non-hydrogen) atoms. The summed E-state index contributed by atoms with van der Waals surface area (Å²) in [5, 5.41) is 17.2. The van der Waals surface area contributed by atoms with Crippen molar-refractivity contribution in [3.63, 3.8) is 0 Å². The van der Waals surface area contributed by atoms with Crippen molar-refractivity contribution in [2.75, 3.05) is 13.1 Å². The molecule has 2 aromatic heterocycles. The van der Waals surface area contributed by atoms with Crippen molar-refractivity contribution in [1.82, 2.24) is 40.4 Å². The van der Waals surface area contributed by atoms with Crippen LogP contribution in [0.2, 0.25) is 0 Å². The smallest absolute Gasteiger partial charge is 0.272 e. The van der Waals surface area contributed by atoms with E-state index in [1.807, 2.05) is 60.3 Å². The Bertz CT molecular complexity index is 3590. The number of nitrogens with one attached hydrogen (secondary N) is 2. The van der Waals surface area contributed by atoms with Crippen molar-refractivity contribution >= 4 is 64.1 Å². The molecule has 4 amide bonds. The number of likely N-dealkylation sites (tertiary alicyclic amines) is 2. The van der Waals surface area contributed by atoms with Crippen LogP contribution in [-0.2, 0) is 43.2 Å². The van der Waals surface area contributed by atoms with Crippen LogP contribution >= 0.6 is 0 Å². The molecule has 20 heteroatoms. The lowest BCUT2D eigenvalue weighted by atomic mass is 9.73. The molecule has 11 atom stereocenters. The molecule has 2 aromatic rings. The summed E-state index contributed by atoms with van der Waals surface area (Å²) in [6, 6.07) is -2.90. The quantitative estimate of drug-likeness (QED) is 0.0574. The van der Waals surface area contributed by atoms with Gasteiger partial charge in [0.1, 0.15) is 17.5 Å². The average molecular weight is 1460 g/mol. The number of ketones is 7.